The lowest BCUT2D eigenvalue weighted by Gasteiger charge is -2.17. The molecule has 0 aromatic heterocycles. The first-order valence-corrected chi connectivity index (χ1v) is 8.10. The second-order valence-electron chi connectivity index (χ2n) is 6.05. The molecular weight excluding hydrogens is 404 g/mol. The van der Waals surface area contributed by atoms with Crippen molar-refractivity contribution in [1.82, 2.24) is 0 Å². The van der Waals surface area contributed by atoms with Crippen LogP contribution in [0, 0.1) is 13.8 Å². The third kappa shape index (κ3) is 3.43. The molecule has 0 amide bonds. The van der Waals surface area contributed by atoms with Gasteiger partial charge in [-0.3, -0.25) is 4.79 Å². The topological polar surface area (TPSA) is 188 Å². The van der Waals surface area contributed by atoms with Crippen LogP contribution in [0.2, 0.25) is 0 Å². The summed E-state index contributed by atoms with van der Waals surface area (Å²) in [5.41, 5.74) is -3.28. The van der Waals surface area contributed by atoms with E-state index >= 15 is 0 Å². The van der Waals surface area contributed by atoms with E-state index in [4.69, 9.17) is 9.47 Å². The normalized spacial score (nSPS) is 10.4. The maximum Gasteiger partial charge on any atom is 0.347 e. The van der Waals surface area contributed by atoms with E-state index in [9.17, 15) is 44.7 Å². The van der Waals surface area contributed by atoms with Gasteiger partial charge in [0.2, 0.25) is 0 Å². The number of aromatic carboxylic acids is 2. The molecule has 0 saturated heterocycles. The fourth-order valence-electron chi connectivity index (χ4n) is 2.87. The summed E-state index contributed by atoms with van der Waals surface area (Å²) in [6.45, 7) is 2.44. The van der Waals surface area contributed by atoms with Gasteiger partial charge in [-0.15, -0.1) is 0 Å². The number of carboxylic acid groups (broad SMARTS) is 2. The van der Waals surface area contributed by atoms with Crippen molar-refractivity contribution in [3.05, 3.63) is 39.4 Å². The van der Waals surface area contributed by atoms with Gasteiger partial charge < -0.3 is 35.0 Å². The number of hydrogen-bond acceptors (Lipinski definition) is 9. The van der Waals surface area contributed by atoms with Crippen molar-refractivity contribution in [3.63, 3.8) is 0 Å². The molecule has 0 atom stereocenters. The highest BCUT2D eigenvalue weighted by Gasteiger charge is 2.31. The van der Waals surface area contributed by atoms with Crippen molar-refractivity contribution in [2.24, 2.45) is 0 Å². The SMILES string of the molecule is COc1cc(C)c(C(=O)Oc2c(C)c(C(=O)O)c(O)c(C=O)c2O)c(O)c1C(=O)O. The molecule has 0 heterocycles. The van der Waals surface area contributed by atoms with E-state index in [-0.39, 0.29) is 23.2 Å². The van der Waals surface area contributed by atoms with Gasteiger partial charge in [-0.25, -0.2) is 14.4 Å². The molecule has 2 rings (SSSR count). The van der Waals surface area contributed by atoms with Gasteiger partial charge in [0.15, 0.2) is 17.8 Å². The number of carboxylic acids is 2. The molecule has 0 bridgehead atoms. The van der Waals surface area contributed by atoms with Gasteiger partial charge in [0, 0.05) is 5.56 Å². The average molecular weight is 420 g/mol. The molecule has 11 nitrogen and oxygen atoms in total. The Hall–Kier alpha value is -4.28. The molecule has 30 heavy (non-hydrogen) atoms. The molecule has 2 aromatic rings. The van der Waals surface area contributed by atoms with Gasteiger partial charge in [0.25, 0.3) is 0 Å². The van der Waals surface area contributed by atoms with E-state index in [2.05, 4.69) is 0 Å². The number of aldehydes is 1. The van der Waals surface area contributed by atoms with Gasteiger partial charge in [-0.1, -0.05) is 0 Å². The minimum absolute atomic E-state index is 0.0352. The zero-order chi connectivity index (χ0) is 22.9. The predicted molar refractivity (Wildman–Crippen MR) is 98.2 cm³/mol. The van der Waals surface area contributed by atoms with Crippen LogP contribution < -0.4 is 9.47 Å². The Morgan fingerprint density at radius 1 is 0.900 bits per heavy atom. The van der Waals surface area contributed by atoms with Crippen LogP contribution >= 0.6 is 0 Å². The highest BCUT2D eigenvalue weighted by molar-refractivity contribution is 6.04. The van der Waals surface area contributed by atoms with E-state index < -0.39 is 63.2 Å². The molecule has 11 heteroatoms. The quantitative estimate of drug-likeness (QED) is 0.261. The third-order valence-electron chi connectivity index (χ3n) is 4.30. The second-order valence-corrected chi connectivity index (χ2v) is 6.05. The molecule has 158 valence electrons. The summed E-state index contributed by atoms with van der Waals surface area (Å²) < 4.78 is 9.88. The van der Waals surface area contributed by atoms with Crippen LogP contribution in [0.5, 0.6) is 28.7 Å². The number of aryl methyl sites for hydroxylation is 1. The molecule has 0 aliphatic carbocycles. The van der Waals surface area contributed by atoms with Crippen LogP contribution in [0.4, 0.5) is 0 Å². The zero-order valence-electron chi connectivity index (χ0n) is 15.8. The van der Waals surface area contributed by atoms with Crippen LogP contribution in [0.3, 0.4) is 0 Å². The van der Waals surface area contributed by atoms with E-state index in [0.717, 1.165) is 20.1 Å². The van der Waals surface area contributed by atoms with Crippen molar-refractivity contribution in [1.29, 1.82) is 0 Å². The zero-order valence-corrected chi connectivity index (χ0v) is 15.8. The Bertz CT molecular complexity index is 1100. The summed E-state index contributed by atoms with van der Waals surface area (Å²) in [5, 5.41) is 48.9. The van der Waals surface area contributed by atoms with Crippen molar-refractivity contribution in [2.75, 3.05) is 7.11 Å². The molecule has 0 spiro atoms. The number of phenols is 3. The molecule has 0 fully saturated rings. The summed E-state index contributed by atoms with van der Waals surface area (Å²) in [4.78, 5) is 46.7. The minimum atomic E-state index is -1.66. The first-order valence-electron chi connectivity index (χ1n) is 8.10. The molecule has 0 aliphatic heterocycles. The molecule has 0 radical (unpaired) electrons. The first-order chi connectivity index (χ1) is 14.0. The molecule has 0 saturated carbocycles. The molecule has 0 aliphatic rings. The number of hydrogen-bond donors (Lipinski definition) is 5. The van der Waals surface area contributed by atoms with Crippen molar-refractivity contribution >= 4 is 24.2 Å². The van der Waals surface area contributed by atoms with Crippen LogP contribution in [0.25, 0.3) is 0 Å². The van der Waals surface area contributed by atoms with Gasteiger partial charge in [0.05, 0.1) is 7.11 Å². The summed E-state index contributed by atoms with van der Waals surface area (Å²) in [5.74, 6) is -8.62. The lowest BCUT2D eigenvalue weighted by atomic mass is 10.00. The largest absolute Gasteiger partial charge is 0.506 e. The molecular formula is C19H16O11. The summed E-state index contributed by atoms with van der Waals surface area (Å²) in [6.07, 6.45) is -0.0352. The number of carbonyl (C=O) groups excluding carboxylic acids is 2. The standard InChI is InChI=1S/C19H16O11/c1-6-4-9(29-3)12(18(26)27)15(23)10(6)19(28)30-16-7(2)11(17(24)25)13(21)8(5-20)14(16)22/h4-5,21-23H,1-3H3,(H,24,25)(H,26,27). The fourth-order valence-corrected chi connectivity index (χ4v) is 2.87. The van der Waals surface area contributed by atoms with E-state index in [1.807, 2.05) is 0 Å². The number of rotatable bonds is 6. The minimum Gasteiger partial charge on any atom is -0.506 e. The third-order valence-corrected chi connectivity index (χ3v) is 4.30. The molecule has 5 N–H and O–H groups in total. The predicted octanol–water partition coefficient (Wildman–Crippen LogP) is 1.86. The Balaban J connectivity index is 2.71. The monoisotopic (exact) mass is 420 g/mol. The number of carbonyl (C=O) groups is 4. The van der Waals surface area contributed by atoms with Gasteiger partial charge in [-0.05, 0) is 25.5 Å². The maximum atomic E-state index is 12.7. The number of esters is 1. The first kappa shape index (κ1) is 22.0. The van der Waals surface area contributed by atoms with Gasteiger partial charge >= 0.3 is 17.9 Å². The Kier molecular flexibility index (Phi) is 5.86. The number of aromatic hydroxyl groups is 3. The van der Waals surface area contributed by atoms with Crippen molar-refractivity contribution in [2.45, 2.75) is 13.8 Å². The van der Waals surface area contributed by atoms with Gasteiger partial charge in [0.1, 0.15) is 39.5 Å². The highest BCUT2D eigenvalue weighted by Crippen LogP contribution is 2.43. The second kappa shape index (κ2) is 7.99. The Morgan fingerprint density at radius 2 is 1.47 bits per heavy atom. The fraction of sp³-hybridized carbons (Fsp3) is 0.158. The number of phenolic OH excluding ortho intramolecular Hbond substituents is 1. The van der Waals surface area contributed by atoms with Crippen LogP contribution in [-0.4, -0.2) is 56.8 Å². The number of ether oxygens (including phenoxy) is 2. The van der Waals surface area contributed by atoms with Crippen LogP contribution in [0.15, 0.2) is 6.07 Å². The van der Waals surface area contributed by atoms with Crippen LogP contribution in [0.1, 0.15) is 52.6 Å². The number of methoxy groups -OCH3 is 1. The van der Waals surface area contributed by atoms with Gasteiger partial charge in [-0.2, -0.15) is 0 Å². The lowest BCUT2D eigenvalue weighted by Crippen LogP contribution is -2.15. The lowest BCUT2D eigenvalue weighted by molar-refractivity contribution is 0.0671. The molecule has 0 unspecified atom stereocenters. The summed E-state index contributed by atoms with van der Waals surface area (Å²) in [7, 11) is 1.16. The smallest absolute Gasteiger partial charge is 0.347 e. The Morgan fingerprint density at radius 3 is 1.93 bits per heavy atom. The molecule has 2 aromatic carbocycles. The van der Waals surface area contributed by atoms with E-state index in [0.29, 0.717) is 0 Å². The maximum absolute atomic E-state index is 12.7. The van der Waals surface area contributed by atoms with E-state index in [1.54, 1.807) is 0 Å². The Labute approximate surface area is 168 Å². The average Bonchev–Trinajstić information content (AvgIpc) is 2.64. The summed E-state index contributed by atoms with van der Waals surface area (Å²) in [6, 6.07) is 1.16. The van der Waals surface area contributed by atoms with Crippen molar-refractivity contribution in [3.8, 4) is 28.7 Å². The number of benzene rings is 2. The summed E-state index contributed by atoms with van der Waals surface area (Å²) >= 11 is 0. The van der Waals surface area contributed by atoms with Crippen LogP contribution in [-0.2, 0) is 0 Å². The van der Waals surface area contributed by atoms with E-state index in [1.165, 1.54) is 6.92 Å². The highest BCUT2D eigenvalue weighted by atomic mass is 16.5. The van der Waals surface area contributed by atoms with Crippen molar-refractivity contribution < 1.29 is 54.2 Å².